The minimum Gasteiger partial charge on any atom is -0.295 e. The van der Waals surface area contributed by atoms with Gasteiger partial charge in [0, 0.05) is 57.1 Å². The van der Waals surface area contributed by atoms with Crippen molar-refractivity contribution in [3.8, 4) is 48.4 Å². The quantitative estimate of drug-likeness (QED) is 0.0971. The van der Waals surface area contributed by atoms with Crippen molar-refractivity contribution in [1.29, 1.82) is 0 Å². The molecule has 0 bridgehead atoms. The third-order valence-corrected chi connectivity index (χ3v) is 6.76. The maximum absolute atomic E-state index is 11.2. The number of ketones is 3. The largest absolute Gasteiger partial charge is 0.295 e. The van der Waals surface area contributed by atoms with Gasteiger partial charge in [0.2, 0.25) is 0 Å². The van der Waals surface area contributed by atoms with Crippen molar-refractivity contribution >= 4 is 39.9 Å². The Hall–Kier alpha value is -4.36. The predicted molar refractivity (Wildman–Crippen MR) is 190 cm³/mol. The molecule has 224 valence electrons. The Bertz CT molecular complexity index is 1450. The van der Waals surface area contributed by atoms with Crippen LogP contribution in [0.5, 0.6) is 0 Å². The second kappa shape index (κ2) is 23.1. The Labute approximate surface area is 277 Å². The van der Waals surface area contributed by atoms with E-state index in [1.54, 1.807) is 20.8 Å². The van der Waals surface area contributed by atoms with Crippen LogP contribution in [0.25, 0.3) is 0 Å². The van der Waals surface area contributed by atoms with E-state index in [-0.39, 0.29) is 17.3 Å². The molecule has 0 aliphatic carbocycles. The predicted octanol–water partition coefficient (Wildman–Crippen LogP) is 9.36. The summed E-state index contributed by atoms with van der Waals surface area (Å²) in [4.78, 5) is 33.2. The van der Waals surface area contributed by atoms with Crippen LogP contribution in [0.2, 0.25) is 0 Å². The molecule has 3 rings (SSSR count). The average Bonchev–Trinajstić information content (AvgIpc) is 3.02. The molecule has 4 heteroatoms. The summed E-state index contributed by atoms with van der Waals surface area (Å²) in [5.41, 5.74) is 4.07. The molecule has 0 saturated carbocycles. The molecule has 3 nitrogen and oxygen atoms in total. The Balaban J connectivity index is 0.000000437. The number of hydrogen-bond acceptors (Lipinski definition) is 3. The highest BCUT2D eigenvalue weighted by atomic mass is 127. The molecule has 0 radical (unpaired) electrons. The lowest BCUT2D eigenvalue weighted by Crippen LogP contribution is -1.90. The molecule has 0 aliphatic heterocycles. The zero-order valence-electron chi connectivity index (χ0n) is 25.8. The smallest absolute Gasteiger partial charge is 0.159 e. The molecule has 0 saturated heterocycles. The fraction of sp³-hybridized carbons (Fsp3) is 0.275. The van der Waals surface area contributed by atoms with E-state index in [0.29, 0.717) is 11.1 Å². The first-order valence-electron chi connectivity index (χ1n) is 14.5. The van der Waals surface area contributed by atoms with Gasteiger partial charge in [-0.1, -0.05) is 60.1 Å². The minimum absolute atomic E-state index is 0.0698. The van der Waals surface area contributed by atoms with Crippen LogP contribution in [-0.4, -0.2) is 17.3 Å². The first-order chi connectivity index (χ1) is 21.2. The van der Waals surface area contributed by atoms with Gasteiger partial charge in [-0.2, -0.15) is 0 Å². The maximum Gasteiger partial charge on any atom is 0.159 e. The first kappa shape index (κ1) is 37.7. The number of Topliss-reactive ketones (excluding diaryl/α,β-unsaturated/α-hetero) is 3. The second-order valence-electron chi connectivity index (χ2n) is 9.76. The minimum atomic E-state index is 0.0698. The van der Waals surface area contributed by atoms with E-state index >= 15 is 0 Å². The molecular weight excluding hydrogens is 655 g/mol. The summed E-state index contributed by atoms with van der Waals surface area (Å²) in [6, 6.07) is 22.3. The number of hydrogen-bond donors (Lipinski definition) is 0. The monoisotopic (exact) mass is 694 g/mol. The molecule has 3 aromatic carbocycles. The van der Waals surface area contributed by atoms with Crippen molar-refractivity contribution in [1.82, 2.24) is 0 Å². The molecular formula is C40H39IO3. The molecule has 44 heavy (non-hydrogen) atoms. The summed E-state index contributed by atoms with van der Waals surface area (Å²) in [5.74, 6) is 17.9. The van der Waals surface area contributed by atoms with E-state index in [0.717, 1.165) is 71.6 Å². The number of terminal acetylenes is 2. The zero-order chi connectivity index (χ0) is 32.6. The Kier molecular flexibility index (Phi) is 19.8. The Morgan fingerprint density at radius 1 is 0.523 bits per heavy atom. The van der Waals surface area contributed by atoms with Crippen molar-refractivity contribution in [2.24, 2.45) is 0 Å². The topological polar surface area (TPSA) is 51.2 Å². The third-order valence-electron chi connectivity index (χ3n) is 6.04. The lowest BCUT2D eigenvalue weighted by Gasteiger charge is -1.95. The molecule has 0 spiro atoms. The van der Waals surface area contributed by atoms with Crippen molar-refractivity contribution in [3.63, 3.8) is 0 Å². The van der Waals surface area contributed by atoms with Crippen LogP contribution in [0.3, 0.4) is 0 Å². The number of benzene rings is 3. The van der Waals surface area contributed by atoms with Crippen LogP contribution in [-0.2, 0) is 0 Å². The maximum atomic E-state index is 11.2. The van der Waals surface area contributed by atoms with Crippen LogP contribution < -0.4 is 0 Å². The van der Waals surface area contributed by atoms with Gasteiger partial charge in [0.25, 0.3) is 0 Å². The van der Waals surface area contributed by atoms with E-state index in [1.165, 1.54) is 0 Å². The van der Waals surface area contributed by atoms with E-state index in [2.05, 4.69) is 58.1 Å². The highest BCUT2D eigenvalue weighted by Crippen LogP contribution is 2.07. The molecule has 0 aromatic heterocycles. The summed E-state index contributed by atoms with van der Waals surface area (Å²) in [6.07, 6.45) is 17.6. The van der Waals surface area contributed by atoms with E-state index in [4.69, 9.17) is 12.8 Å². The van der Waals surface area contributed by atoms with Crippen LogP contribution >= 0.6 is 22.6 Å². The average molecular weight is 695 g/mol. The molecule has 0 heterocycles. The van der Waals surface area contributed by atoms with Gasteiger partial charge in [0.1, 0.15) is 0 Å². The Morgan fingerprint density at radius 3 is 1.11 bits per heavy atom. The van der Waals surface area contributed by atoms with E-state index < -0.39 is 0 Å². The summed E-state index contributed by atoms with van der Waals surface area (Å²) in [7, 11) is 0. The molecule has 3 aromatic rings. The fourth-order valence-corrected chi connectivity index (χ4v) is 3.83. The van der Waals surface area contributed by atoms with Gasteiger partial charge < -0.3 is 0 Å². The van der Waals surface area contributed by atoms with Gasteiger partial charge in [0.05, 0.1) is 0 Å². The molecule has 0 N–H and O–H groups in total. The van der Waals surface area contributed by atoms with Crippen molar-refractivity contribution in [3.05, 3.63) is 104 Å². The number of halogens is 1. The van der Waals surface area contributed by atoms with Crippen LogP contribution in [0, 0.1) is 51.9 Å². The van der Waals surface area contributed by atoms with Gasteiger partial charge in [-0.3, -0.25) is 14.4 Å². The van der Waals surface area contributed by atoms with Gasteiger partial charge in [-0.05, 0) is 105 Å². The molecule has 0 aliphatic rings. The van der Waals surface area contributed by atoms with Gasteiger partial charge in [-0.25, -0.2) is 0 Å². The zero-order valence-corrected chi connectivity index (χ0v) is 28.0. The van der Waals surface area contributed by atoms with Gasteiger partial charge in [0.15, 0.2) is 17.3 Å². The van der Waals surface area contributed by atoms with Crippen molar-refractivity contribution in [2.45, 2.75) is 72.1 Å². The van der Waals surface area contributed by atoms with Crippen LogP contribution in [0.15, 0.2) is 72.8 Å². The highest BCUT2D eigenvalue weighted by Gasteiger charge is 1.98. The van der Waals surface area contributed by atoms with E-state index in [1.807, 2.05) is 72.8 Å². The van der Waals surface area contributed by atoms with Crippen molar-refractivity contribution in [2.75, 3.05) is 0 Å². The molecule has 0 atom stereocenters. The van der Waals surface area contributed by atoms with Crippen molar-refractivity contribution < 1.29 is 14.4 Å². The lowest BCUT2D eigenvalue weighted by molar-refractivity contribution is 0.100. The summed E-state index contributed by atoms with van der Waals surface area (Å²) >= 11 is 2.21. The SMILES string of the molecule is C#CCCCCC#C.CC(=O)c1ccc(C#CCCCCC#Cc2ccc(C(C)=O)cc2)cc1.CC(=O)c1ccc(I)cc1. The summed E-state index contributed by atoms with van der Waals surface area (Å²) in [6.45, 7) is 4.69. The van der Waals surface area contributed by atoms with Gasteiger partial charge in [-0.15, -0.1) is 24.7 Å². The Morgan fingerprint density at radius 2 is 0.818 bits per heavy atom. The summed E-state index contributed by atoms with van der Waals surface area (Å²) in [5, 5.41) is 0. The summed E-state index contributed by atoms with van der Waals surface area (Å²) < 4.78 is 1.16. The molecule has 0 amide bonds. The standard InChI is InChI=1S/C24H22O2.C8H7IO.C8H10/c1-19(25)23-15-11-21(12-16-23)9-7-5-3-4-6-8-10-22-13-17-24(18-14-22)20(2)26;1-6(10)7-2-4-8(9)5-3-7;1-3-5-7-8-6-4-2/h11-18H,3-6H2,1-2H3;2-5H,1H3;1-2H,5-8H2. The number of unbranched alkanes of at least 4 members (excludes halogenated alkanes) is 6. The molecule has 0 fully saturated rings. The highest BCUT2D eigenvalue weighted by molar-refractivity contribution is 14.1. The van der Waals surface area contributed by atoms with Crippen LogP contribution in [0.4, 0.5) is 0 Å². The molecule has 0 unspecified atom stereocenters. The lowest BCUT2D eigenvalue weighted by atomic mass is 10.1. The first-order valence-corrected chi connectivity index (χ1v) is 15.6. The number of carbonyl (C=O) groups is 3. The second-order valence-corrected chi connectivity index (χ2v) is 11.0. The normalized spacial score (nSPS) is 9.05. The van der Waals surface area contributed by atoms with E-state index in [9.17, 15) is 14.4 Å². The number of carbonyl (C=O) groups excluding carboxylic acids is 3. The number of rotatable bonds is 9. The fourth-order valence-electron chi connectivity index (χ4n) is 3.47. The van der Waals surface area contributed by atoms with Crippen LogP contribution in [0.1, 0.15) is 114 Å². The van der Waals surface area contributed by atoms with Gasteiger partial charge >= 0.3 is 0 Å². The third kappa shape index (κ3) is 17.6.